The van der Waals surface area contributed by atoms with Crippen LogP contribution in [-0.4, -0.2) is 60.0 Å². The molecule has 1 aromatic rings. The van der Waals surface area contributed by atoms with Gasteiger partial charge in [0, 0.05) is 39.3 Å². The average Bonchev–Trinajstić information content (AvgIpc) is 2.83. The van der Waals surface area contributed by atoms with Crippen LogP contribution in [0.5, 0.6) is 0 Å². The molecule has 2 aliphatic heterocycles. The van der Waals surface area contributed by atoms with E-state index < -0.39 is 6.04 Å². The largest absolute Gasteiger partial charge is 0.379 e. The van der Waals surface area contributed by atoms with Crippen molar-refractivity contribution in [1.82, 2.24) is 14.7 Å². The first-order valence-electron chi connectivity index (χ1n) is 7.05. The topological polar surface area (TPSA) is 76.6 Å². The van der Waals surface area contributed by atoms with Crippen molar-refractivity contribution in [2.75, 3.05) is 38.3 Å². The summed E-state index contributed by atoms with van der Waals surface area (Å²) in [5.74, 6) is 0.799. The zero-order valence-electron chi connectivity index (χ0n) is 11.8. The summed E-state index contributed by atoms with van der Waals surface area (Å²) in [6.45, 7) is 4.92. The second-order valence-corrected chi connectivity index (χ2v) is 5.40. The molecule has 1 saturated heterocycles. The smallest absolute Gasteiger partial charge is 0.244 e. The third-order valence-corrected chi connectivity index (χ3v) is 3.94. The number of likely N-dealkylation sites (N-methyl/N-ethyl adjacent to an activating group) is 1. The van der Waals surface area contributed by atoms with Crippen LogP contribution >= 0.6 is 0 Å². The Labute approximate surface area is 118 Å². The molecule has 1 unspecified atom stereocenters. The highest BCUT2D eigenvalue weighted by Crippen LogP contribution is 2.21. The van der Waals surface area contributed by atoms with E-state index in [1.165, 1.54) is 0 Å². The van der Waals surface area contributed by atoms with Crippen molar-refractivity contribution in [2.45, 2.75) is 25.6 Å². The van der Waals surface area contributed by atoms with Crippen molar-refractivity contribution in [1.29, 1.82) is 0 Å². The van der Waals surface area contributed by atoms with Crippen LogP contribution in [0.4, 0.5) is 5.82 Å². The molecule has 0 bridgehead atoms. The van der Waals surface area contributed by atoms with Gasteiger partial charge >= 0.3 is 0 Å². The Hall–Kier alpha value is -1.44. The highest BCUT2D eigenvalue weighted by Gasteiger charge is 2.27. The lowest BCUT2D eigenvalue weighted by Gasteiger charge is -2.25. The summed E-state index contributed by atoms with van der Waals surface area (Å²) in [4.78, 5) is 16.0. The van der Waals surface area contributed by atoms with E-state index in [1.54, 1.807) is 11.9 Å². The number of hydrogen-bond acceptors (Lipinski definition) is 5. The summed E-state index contributed by atoms with van der Waals surface area (Å²) in [5, 5.41) is 4.61. The van der Waals surface area contributed by atoms with Gasteiger partial charge in [0.05, 0.1) is 24.9 Å². The van der Waals surface area contributed by atoms with Gasteiger partial charge in [-0.15, -0.1) is 0 Å². The van der Waals surface area contributed by atoms with Crippen molar-refractivity contribution in [3.8, 4) is 0 Å². The molecule has 3 rings (SSSR count). The number of fused-ring (bicyclic) bond motifs is 1. The standard InChI is InChI=1S/C13H21N5O2/c1-16-12-8-10(9-17-4-6-20-7-5-17)15-18(12)3-2-11(14)13(16)19/h8,11H,2-7,9,14H2,1H3. The van der Waals surface area contributed by atoms with Gasteiger partial charge < -0.3 is 10.5 Å². The van der Waals surface area contributed by atoms with Crippen LogP contribution in [0.25, 0.3) is 0 Å². The Morgan fingerprint density at radius 1 is 1.40 bits per heavy atom. The van der Waals surface area contributed by atoms with E-state index in [0.717, 1.165) is 44.4 Å². The molecule has 1 atom stereocenters. The van der Waals surface area contributed by atoms with Gasteiger partial charge in [0.2, 0.25) is 5.91 Å². The number of aryl methyl sites for hydroxylation is 1. The molecule has 20 heavy (non-hydrogen) atoms. The molecule has 2 aliphatic rings. The van der Waals surface area contributed by atoms with E-state index in [-0.39, 0.29) is 5.91 Å². The van der Waals surface area contributed by atoms with Crippen LogP contribution in [0.3, 0.4) is 0 Å². The predicted molar refractivity (Wildman–Crippen MR) is 74.3 cm³/mol. The Bertz CT molecular complexity index is 495. The SMILES string of the molecule is CN1C(=O)C(N)CCn2nc(CN3CCOCC3)cc21. The first-order valence-corrected chi connectivity index (χ1v) is 7.05. The highest BCUT2D eigenvalue weighted by atomic mass is 16.5. The van der Waals surface area contributed by atoms with E-state index in [1.807, 2.05) is 10.7 Å². The number of carbonyl (C=O) groups excluding carboxylic acids is 1. The first-order chi connectivity index (χ1) is 9.65. The number of amides is 1. The lowest BCUT2D eigenvalue weighted by Crippen LogP contribution is -2.40. The molecule has 2 N–H and O–H groups in total. The number of morpholine rings is 1. The first kappa shape index (κ1) is 13.5. The predicted octanol–water partition coefficient (Wildman–Crippen LogP) is -0.591. The van der Waals surface area contributed by atoms with Gasteiger partial charge in [-0.05, 0) is 6.42 Å². The summed E-state index contributed by atoms with van der Waals surface area (Å²) in [6.07, 6.45) is 0.634. The molecular weight excluding hydrogens is 258 g/mol. The van der Waals surface area contributed by atoms with Crippen molar-refractivity contribution in [2.24, 2.45) is 5.73 Å². The Morgan fingerprint density at radius 3 is 2.90 bits per heavy atom. The Kier molecular flexibility index (Phi) is 3.73. The fourth-order valence-corrected chi connectivity index (χ4v) is 2.71. The minimum atomic E-state index is -0.426. The Balaban J connectivity index is 1.76. The fraction of sp³-hybridized carbons (Fsp3) is 0.692. The van der Waals surface area contributed by atoms with Crippen LogP contribution < -0.4 is 10.6 Å². The molecule has 7 heteroatoms. The molecule has 7 nitrogen and oxygen atoms in total. The molecule has 0 saturated carbocycles. The zero-order chi connectivity index (χ0) is 14.1. The molecule has 1 amide bonds. The summed E-state index contributed by atoms with van der Waals surface area (Å²) < 4.78 is 7.23. The maximum atomic E-state index is 12.0. The lowest BCUT2D eigenvalue weighted by molar-refractivity contribution is -0.119. The van der Waals surface area contributed by atoms with E-state index in [4.69, 9.17) is 10.5 Å². The summed E-state index contributed by atoms with van der Waals surface area (Å²) in [6, 6.07) is 1.56. The van der Waals surface area contributed by atoms with Crippen molar-refractivity contribution in [3.63, 3.8) is 0 Å². The molecule has 0 aliphatic carbocycles. The third kappa shape index (κ3) is 2.56. The third-order valence-electron chi connectivity index (χ3n) is 3.94. The number of anilines is 1. The highest BCUT2D eigenvalue weighted by molar-refractivity contribution is 5.96. The normalized spacial score (nSPS) is 24.6. The molecule has 0 aromatic carbocycles. The van der Waals surface area contributed by atoms with E-state index in [9.17, 15) is 4.79 Å². The molecule has 110 valence electrons. The average molecular weight is 279 g/mol. The van der Waals surface area contributed by atoms with Crippen molar-refractivity contribution in [3.05, 3.63) is 11.8 Å². The minimum absolute atomic E-state index is 0.0402. The maximum absolute atomic E-state index is 12.0. The molecule has 0 radical (unpaired) electrons. The second-order valence-electron chi connectivity index (χ2n) is 5.40. The quantitative estimate of drug-likeness (QED) is 0.783. The molecular formula is C13H21N5O2. The minimum Gasteiger partial charge on any atom is -0.379 e. The van der Waals surface area contributed by atoms with Crippen LogP contribution in [0, 0.1) is 0 Å². The van der Waals surface area contributed by atoms with Gasteiger partial charge in [-0.2, -0.15) is 5.10 Å². The number of hydrogen-bond donors (Lipinski definition) is 1. The fourth-order valence-electron chi connectivity index (χ4n) is 2.71. The molecule has 1 fully saturated rings. The van der Waals surface area contributed by atoms with Crippen LogP contribution in [0.2, 0.25) is 0 Å². The van der Waals surface area contributed by atoms with Gasteiger partial charge in [-0.25, -0.2) is 4.68 Å². The molecule has 1 aromatic heterocycles. The number of nitrogens with two attached hydrogens (primary N) is 1. The summed E-state index contributed by atoms with van der Waals surface area (Å²) >= 11 is 0. The van der Waals surface area contributed by atoms with Crippen LogP contribution in [0.1, 0.15) is 12.1 Å². The lowest BCUT2D eigenvalue weighted by atomic mass is 10.2. The van der Waals surface area contributed by atoms with Gasteiger partial charge in [0.1, 0.15) is 5.82 Å². The number of carbonyl (C=O) groups is 1. The molecule has 0 spiro atoms. The van der Waals surface area contributed by atoms with Crippen LogP contribution in [0.15, 0.2) is 6.07 Å². The number of rotatable bonds is 2. The van der Waals surface area contributed by atoms with E-state index in [0.29, 0.717) is 13.0 Å². The van der Waals surface area contributed by atoms with Crippen LogP contribution in [-0.2, 0) is 22.6 Å². The van der Waals surface area contributed by atoms with Gasteiger partial charge in [0.25, 0.3) is 0 Å². The number of ether oxygens (including phenoxy) is 1. The van der Waals surface area contributed by atoms with Gasteiger partial charge in [-0.1, -0.05) is 0 Å². The van der Waals surface area contributed by atoms with Gasteiger partial charge in [0.15, 0.2) is 0 Å². The zero-order valence-corrected chi connectivity index (χ0v) is 11.8. The van der Waals surface area contributed by atoms with Crippen molar-refractivity contribution < 1.29 is 9.53 Å². The van der Waals surface area contributed by atoms with Gasteiger partial charge in [-0.3, -0.25) is 14.6 Å². The number of aromatic nitrogens is 2. The summed E-state index contributed by atoms with van der Waals surface area (Å²) in [7, 11) is 1.76. The Morgan fingerprint density at radius 2 is 2.15 bits per heavy atom. The van der Waals surface area contributed by atoms with E-state index in [2.05, 4.69) is 10.00 Å². The van der Waals surface area contributed by atoms with E-state index >= 15 is 0 Å². The monoisotopic (exact) mass is 279 g/mol. The molecule has 3 heterocycles. The summed E-state index contributed by atoms with van der Waals surface area (Å²) in [5.41, 5.74) is 6.84. The van der Waals surface area contributed by atoms with Crippen molar-refractivity contribution >= 4 is 11.7 Å². The number of nitrogens with zero attached hydrogens (tertiary/aromatic N) is 4. The maximum Gasteiger partial charge on any atom is 0.244 e. The second kappa shape index (κ2) is 5.51.